The third kappa shape index (κ3) is 4.47. The Bertz CT molecular complexity index is 400. The van der Waals surface area contributed by atoms with Crippen molar-refractivity contribution in [3.63, 3.8) is 0 Å². The number of nitrogens with one attached hydrogen (secondary N) is 1. The molecule has 3 heteroatoms. The van der Waals surface area contributed by atoms with Crippen molar-refractivity contribution in [2.24, 2.45) is 11.8 Å². The molecule has 2 rings (SSSR count). The fraction of sp³-hybridized carbons (Fsp3) is 0.625. The van der Waals surface area contributed by atoms with Gasteiger partial charge in [-0.05, 0) is 43.4 Å². The van der Waals surface area contributed by atoms with E-state index in [4.69, 9.17) is 11.6 Å². The van der Waals surface area contributed by atoms with E-state index in [9.17, 15) is 4.39 Å². The molecule has 19 heavy (non-hydrogen) atoms. The summed E-state index contributed by atoms with van der Waals surface area (Å²) in [5, 5.41) is 3.84. The highest BCUT2D eigenvalue weighted by Crippen LogP contribution is 2.30. The molecule has 1 aliphatic rings. The van der Waals surface area contributed by atoms with Crippen LogP contribution in [0.1, 0.15) is 44.6 Å². The second-order valence-corrected chi connectivity index (χ2v) is 6.10. The lowest BCUT2D eigenvalue weighted by Crippen LogP contribution is -2.26. The van der Waals surface area contributed by atoms with Gasteiger partial charge in [-0.2, -0.15) is 0 Å². The van der Waals surface area contributed by atoms with Crippen molar-refractivity contribution in [2.75, 3.05) is 6.54 Å². The normalized spacial score (nSPS) is 23.5. The lowest BCUT2D eigenvalue weighted by Gasteiger charge is -2.27. The second kappa shape index (κ2) is 7.25. The molecule has 0 heterocycles. The molecule has 0 radical (unpaired) electrons. The Kier molecular flexibility index (Phi) is 5.65. The van der Waals surface area contributed by atoms with E-state index in [2.05, 4.69) is 12.2 Å². The minimum Gasteiger partial charge on any atom is -0.312 e. The molecule has 1 aromatic carbocycles. The average molecular weight is 284 g/mol. The monoisotopic (exact) mass is 283 g/mol. The van der Waals surface area contributed by atoms with E-state index in [1.807, 2.05) is 0 Å². The first-order valence-corrected chi connectivity index (χ1v) is 7.71. The van der Waals surface area contributed by atoms with Crippen LogP contribution in [-0.2, 0) is 6.54 Å². The van der Waals surface area contributed by atoms with Crippen LogP contribution in [0.4, 0.5) is 4.39 Å². The van der Waals surface area contributed by atoms with Crippen LogP contribution in [0.3, 0.4) is 0 Å². The summed E-state index contributed by atoms with van der Waals surface area (Å²) in [6.07, 6.45) is 6.66. The molecule has 1 nitrogen and oxygen atoms in total. The predicted octanol–water partition coefficient (Wildman–Crippen LogP) is 4.79. The van der Waals surface area contributed by atoms with Crippen LogP contribution in [0, 0.1) is 17.7 Å². The third-order valence-corrected chi connectivity index (χ3v) is 4.54. The Morgan fingerprint density at radius 3 is 2.53 bits per heavy atom. The molecule has 1 aliphatic carbocycles. The number of halogens is 2. The maximum Gasteiger partial charge on any atom is 0.129 e. The van der Waals surface area contributed by atoms with Crippen molar-refractivity contribution in [2.45, 2.75) is 45.6 Å². The van der Waals surface area contributed by atoms with E-state index in [1.165, 1.54) is 38.2 Å². The average Bonchev–Trinajstić information content (AvgIpc) is 2.42. The molecule has 0 atom stereocenters. The summed E-state index contributed by atoms with van der Waals surface area (Å²) in [7, 11) is 0. The first-order chi connectivity index (χ1) is 9.19. The van der Waals surface area contributed by atoms with Gasteiger partial charge in [-0.1, -0.05) is 43.9 Å². The van der Waals surface area contributed by atoms with Crippen molar-refractivity contribution in [1.82, 2.24) is 5.32 Å². The first kappa shape index (κ1) is 14.8. The van der Waals surface area contributed by atoms with Gasteiger partial charge in [0.2, 0.25) is 0 Å². The topological polar surface area (TPSA) is 12.0 Å². The fourth-order valence-corrected chi connectivity index (χ4v) is 3.08. The highest BCUT2D eigenvalue weighted by atomic mass is 35.5. The summed E-state index contributed by atoms with van der Waals surface area (Å²) >= 11 is 5.74. The van der Waals surface area contributed by atoms with Gasteiger partial charge in [0.05, 0.1) is 0 Å². The lowest BCUT2D eigenvalue weighted by atomic mass is 9.81. The summed E-state index contributed by atoms with van der Waals surface area (Å²) in [5.41, 5.74) is 0.701. The van der Waals surface area contributed by atoms with E-state index in [0.29, 0.717) is 17.1 Å². The maximum atomic E-state index is 13.6. The predicted molar refractivity (Wildman–Crippen MR) is 78.9 cm³/mol. The van der Waals surface area contributed by atoms with Crippen molar-refractivity contribution in [3.8, 4) is 0 Å². The van der Waals surface area contributed by atoms with Crippen LogP contribution in [0.2, 0.25) is 5.02 Å². The maximum absolute atomic E-state index is 13.6. The zero-order valence-corrected chi connectivity index (χ0v) is 12.3. The van der Waals surface area contributed by atoms with Gasteiger partial charge in [0.15, 0.2) is 0 Å². The largest absolute Gasteiger partial charge is 0.312 e. The fourth-order valence-electron chi connectivity index (χ4n) is 2.92. The van der Waals surface area contributed by atoms with Gasteiger partial charge in [0, 0.05) is 17.1 Å². The van der Waals surface area contributed by atoms with Gasteiger partial charge in [0.1, 0.15) is 5.82 Å². The molecular formula is C16H23ClFN. The smallest absolute Gasteiger partial charge is 0.129 e. The van der Waals surface area contributed by atoms with E-state index < -0.39 is 0 Å². The van der Waals surface area contributed by atoms with E-state index in [1.54, 1.807) is 12.1 Å². The number of hydrogen-bond acceptors (Lipinski definition) is 1. The van der Waals surface area contributed by atoms with Crippen LogP contribution in [0.5, 0.6) is 0 Å². The van der Waals surface area contributed by atoms with Crippen LogP contribution >= 0.6 is 11.6 Å². The first-order valence-electron chi connectivity index (χ1n) is 7.33. The molecule has 0 aliphatic heterocycles. The molecule has 0 aromatic heterocycles. The summed E-state index contributed by atoms with van der Waals surface area (Å²) in [6, 6.07) is 4.89. The summed E-state index contributed by atoms with van der Waals surface area (Å²) < 4.78 is 13.6. The minimum absolute atomic E-state index is 0.213. The third-order valence-electron chi connectivity index (χ3n) is 4.31. The molecular weight excluding hydrogens is 261 g/mol. The van der Waals surface area contributed by atoms with E-state index in [0.717, 1.165) is 18.4 Å². The molecule has 0 spiro atoms. The minimum atomic E-state index is -0.213. The molecule has 1 N–H and O–H groups in total. The molecule has 1 aromatic rings. The van der Waals surface area contributed by atoms with Crippen LogP contribution in [0.15, 0.2) is 18.2 Å². The van der Waals surface area contributed by atoms with Gasteiger partial charge < -0.3 is 5.32 Å². The van der Waals surface area contributed by atoms with E-state index >= 15 is 0 Å². The van der Waals surface area contributed by atoms with Crippen molar-refractivity contribution < 1.29 is 4.39 Å². The molecule has 0 saturated heterocycles. The van der Waals surface area contributed by atoms with Crippen molar-refractivity contribution in [1.29, 1.82) is 0 Å². The van der Waals surface area contributed by atoms with Crippen molar-refractivity contribution in [3.05, 3.63) is 34.6 Å². The summed E-state index contributed by atoms with van der Waals surface area (Å²) in [6.45, 7) is 3.88. The van der Waals surface area contributed by atoms with Gasteiger partial charge in [0.25, 0.3) is 0 Å². The van der Waals surface area contributed by atoms with Gasteiger partial charge in [-0.15, -0.1) is 0 Å². The summed E-state index contributed by atoms with van der Waals surface area (Å²) in [4.78, 5) is 0. The Hall–Kier alpha value is -0.600. The van der Waals surface area contributed by atoms with Crippen molar-refractivity contribution >= 4 is 11.6 Å². The Labute approximate surface area is 120 Å². The zero-order chi connectivity index (χ0) is 13.7. The number of rotatable bonds is 5. The highest BCUT2D eigenvalue weighted by molar-refractivity contribution is 6.30. The van der Waals surface area contributed by atoms with Crippen LogP contribution in [-0.4, -0.2) is 6.54 Å². The highest BCUT2D eigenvalue weighted by Gasteiger charge is 2.19. The standard InChI is InChI=1S/C16H23ClFN/c1-2-12-3-5-13(6-4-12)10-19-11-14-7-8-15(17)9-16(14)18/h7-9,12-13,19H,2-6,10-11H2,1H3. The van der Waals surface area contributed by atoms with Gasteiger partial charge in [-0.3, -0.25) is 0 Å². The van der Waals surface area contributed by atoms with Gasteiger partial charge in [-0.25, -0.2) is 4.39 Å². The summed E-state index contributed by atoms with van der Waals surface area (Å²) in [5.74, 6) is 1.48. The van der Waals surface area contributed by atoms with Crippen LogP contribution in [0.25, 0.3) is 0 Å². The molecule has 0 amide bonds. The Morgan fingerprint density at radius 2 is 1.89 bits per heavy atom. The Morgan fingerprint density at radius 1 is 1.21 bits per heavy atom. The van der Waals surface area contributed by atoms with Gasteiger partial charge >= 0.3 is 0 Å². The zero-order valence-electron chi connectivity index (χ0n) is 11.6. The lowest BCUT2D eigenvalue weighted by molar-refractivity contribution is 0.262. The molecule has 0 unspecified atom stereocenters. The quantitative estimate of drug-likeness (QED) is 0.820. The van der Waals surface area contributed by atoms with E-state index in [-0.39, 0.29) is 5.82 Å². The van der Waals surface area contributed by atoms with Crippen LogP contribution < -0.4 is 5.32 Å². The molecule has 106 valence electrons. The SMILES string of the molecule is CCC1CCC(CNCc2ccc(Cl)cc2F)CC1. The number of hydrogen-bond donors (Lipinski definition) is 1. The number of benzene rings is 1. The molecule has 1 saturated carbocycles. The Balaban J connectivity index is 1.72. The molecule has 1 fully saturated rings. The second-order valence-electron chi connectivity index (χ2n) is 5.66. The molecule has 0 bridgehead atoms.